The molecule has 10 heteroatoms. The van der Waals surface area contributed by atoms with Gasteiger partial charge in [0.25, 0.3) is 11.8 Å². The van der Waals surface area contributed by atoms with Crippen LogP contribution in [0, 0.1) is 5.82 Å². The largest absolute Gasteiger partial charge is 0.490 e. The minimum absolute atomic E-state index is 0.0411. The van der Waals surface area contributed by atoms with Gasteiger partial charge in [-0.15, -0.1) is 0 Å². The number of para-hydroxylation sites is 1. The number of ether oxygens (including phenoxy) is 2. The van der Waals surface area contributed by atoms with Crippen LogP contribution in [-0.2, 0) is 4.79 Å². The molecule has 0 aliphatic heterocycles. The molecule has 34 heavy (non-hydrogen) atoms. The summed E-state index contributed by atoms with van der Waals surface area (Å²) in [6.07, 6.45) is 1.39. The van der Waals surface area contributed by atoms with Gasteiger partial charge in [-0.1, -0.05) is 35.3 Å². The minimum Gasteiger partial charge on any atom is -0.490 e. The maximum Gasteiger partial charge on any atom is 0.271 e. The second-order valence-electron chi connectivity index (χ2n) is 6.79. The lowest BCUT2D eigenvalue weighted by Crippen LogP contribution is -2.21. The smallest absolute Gasteiger partial charge is 0.271 e. The Morgan fingerprint density at radius 3 is 2.50 bits per heavy atom. The quantitative estimate of drug-likeness (QED) is 0.305. The molecule has 0 spiro atoms. The van der Waals surface area contributed by atoms with Gasteiger partial charge in [0, 0.05) is 10.6 Å². The van der Waals surface area contributed by atoms with E-state index in [0.29, 0.717) is 22.8 Å². The topological polar surface area (TPSA) is 89.0 Å². The zero-order valence-corrected chi connectivity index (χ0v) is 19.5. The molecule has 0 saturated carbocycles. The number of benzene rings is 3. The molecule has 2 N–H and O–H groups in total. The highest BCUT2D eigenvalue weighted by Gasteiger charge is 2.15. The van der Waals surface area contributed by atoms with Crippen molar-refractivity contribution >= 4 is 46.9 Å². The first kappa shape index (κ1) is 25.0. The first-order valence-electron chi connectivity index (χ1n) is 10.1. The number of nitrogens with one attached hydrogen (secondary N) is 2. The Morgan fingerprint density at radius 2 is 1.79 bits per heavy atom. The predicted octanol–water partition coefficient (Wildman–Crippen LogP) is 5.31. The van der Waals surface area contributed by atoms with E-state index in [1.807, 2.05) is 0 Å². The van der Waals surface area contributed by atoms with Gasteiger partial charge >= 0.3 is 0 Å². The van der Waals surface area contributed by atoms with Gasteiger partial charge in [0.05, 0.1) is 23.5 Å². The molecule has 0 saturated heterocycles. The molecule has 0 radical (unpaired) electrons. The van der Waals surface area contributed by atoms with Crippen LogP contribution in [0.2, 0.25) is 10.0 Å². The number of nitrogens with zero attached hydrogens (tertiary/aromatic N) is 1. The summed E-state index contributed by atoms with van der Waals surface area (Å²) in [4.78, 5) is 24.3. The Hall–Kier alpha value is -3.62. The number of hydrogen-bond acceptors (Lipinski definition) is 5. The van der Waals surface area contributed by atoms with Crippen LogP contribution in [0.25, 0.3) is 0 Å². The highest BCUT2D eigenvalue weighted by molar-refractivity contribution is 6.32. The lowest BCUT2D eigenvalue weighted by atomic mass is 10.2. The zero-order chi connectivity index (χ0) is 24.5. The van der Waals surface area contributed by atoms with Crippen LogP contribution >= 0.6 is 23.2 Å². The fraction of sp³-hybridized carbons (Fsp3) is 0.125. The normalized spacial score (nSPS) is 10.7. The maximum absolute atomic E-state index is 13.7. The highest BCUT2D eigenvalue weighted by Crippen LogP contribution is 2.36. The van der Waals surface area contributed by atoms with E-state index < -0.39 is 24.2 Å². The van der Waals surface area contributed by atoms with Crippen molar-refractivity contribution in [3.8, 4) is 11.5 Å². The van der Waals surface area contributed by atoms with Crippen LogP contribution < -0.4 is 20.2 Å². The Balaban J connectivity index is 1.66. The number of anilines is 1. The van der Waals surface area contributed by atoms with E-state index >= 15 is 0 Å². The van der Waals surface area contributed by atoms with Gasteiger partial charge in [0.2, 0.25) is 0 Å². The molecule has 3 rings (SSSR count). The van der Waals surface area contributed by atoms with E-state index in [1.165, 1.54) is 30.5 Å². The first-order valence-corrected chi connectivity index (χ1v) is 10.9. The number of carbonyl (C=O) groups excluding carboxylic acids is 2. The van der Waals surface area contributed by atoms with Crippen molar-refractivity contribution in [3.05, 3.63) is 87.7 Å². The Labute approximate surface area is 205 Å². The average Bonchev–Trinajstić information content (AvgIpc) is 2.80. The van der Waals surface area contributed by atoms with Crippen molar-refractivity contribution in [1.82, 2.24) is 5.43 Å². The van der Waals surface area contributed by atoms with Gasteiger partial charge in [-0.25, -0.2) is 9.82 Å². The Bertz CT molecular complexity index is 1200. The fourth-order valence-electron chi connectivity index (χ4n) is 2.78. The van der Waals surface area contributed by atoms with E-state index in [-0.39, 0.29) is 22.2 Å². The number of amides is 2. The standard InChI is InChI=1S/C24H20Cl2FN3O4/c1-2-33-21-12-15(13-28-30-24(32)16-7-9-17(25)10-8-16)11-18(26)23(21)34-14-22(31)29-20-6-4-3-5-19(20)27/h3-13H,2,14H2,1H3,(H,29,31)(H,30,32)/b28-13+. The average molecular weight is 504 g/mol. The van der Waals surface area contributed by atoms with Crippen LogP contribution in [0.3, 0.4) is 0 Å². The summed E-state index contributed by atoms with van der Waals surface area (Å²) in [5, 5.41) is 7.04. The van der Waals surface area contributed by atoms with E-state index in [0.717, 1.165) is 0 Å². The molecule has 0 bridgehead atoms. The van der Waals surface area contributed by atoms with Crippen molar-refractivity contribution in [2.75, 3.05) is 18.5 Å². The van der Waals surface area contributed by atoms with E-state index in [1.54, 1.807) is 43.3 Å². The number of hydrazone groups is 1. The summed E-state index contributed by atoms with van der Waals surface area (Å²) in [5.41, 5.74) is 3.37. The van der Waals surface area contributed by atoms with Crippen molar-refractivity contribution in [3.63, 3.8) is 0 Å². The van der Waals surface area contributed by atoms with Crippen molar-refractivity contribution < 1.29 is 23.5 Å². The van der Waals surface area contributed by atoms with E-state index in [4.69, 9.17) is 32.7 Å². The van der Waals surface area contributed by atoms with Crippen LogP contribution in [0.15, 0.2) is 65.8 Å². The van der Waals surface area contributed by atoms with Crippen LogP contribution in [0.1, 0.15) is 22.8 Å². The zero-order valence-electron chi connectivity index (χ0n) is 18.0. The van der Waals surface area contributed by atoms with Crippen molar-refractivity contribution in [2.45, 2.75) is 6.92 Å². The SMILES string of the molecule is CCOc1cc(/C=N/NC(=O)c2ccc(Cl)cc2)cc(Cl)c1OCC(=O)Nc1ccccc1F. The van der Waals surface area contributed by atoms with Crippen molar-refractivity contribution in [2.24, 2.45) is 5.10 Å². The molecular weight excluding hydrogens is 484 g/mol. The minimum atomic E-state index is -0.570. The molecule has 2 amide bonds. The van der Waals surface area contributed by atoms with Gasteiger partial charge in [0.1, 0.15) is 5.82 Å². The first-order chi connectivity index (χ1) is 16.4. The van der Waals surface area contributed by atoms with Gasteiger partial charge in [0.15, 0.2) is 18.1 Å². The van der Waals surface area contributed by atoms with E-state index in [9.17, 15) is 14.0 Å². The predicted molar refractivity (Wildman–Crippen MR) is 130 cm³/mol. The molecule has 0 unspecified atom stereocenters. The molecule has 7 nitrogen and oxygen atoms in total. The van der Waals surface area contributed by atoms with Crippen molar-refractivity contribution in [1.29, 1.82) is 0 Å². The van der Waals surface area contributed by atoms with Gasteiger partial charge in [-0.2, -0.15) is 5.10 Å². The number of halogens is 3. The summed E-state index contributed by atoms with van der Waals surface area (Å²) < 4.78 is 24.8. The third kappa shape index (κ3) is 6.94. The van der Waals surface area contributed by atoms with Crippen LogP contribution in [0.4, 0.5) is 10.1 Å². The molecule has 0 heterocycles. The number of rotatable bonds is 9. The van der Waals surface area contributed by atoms with E-state index in [2.05, 4.69) is 15.8 Å². The number of carbonyl (C=O) groups is 2. The summed E-state index contributed by atoms with van der Waals surface area (Å²) in [5.74, 6) is -1.12. The molecule has 176 valence electrons. The molecule has 0 aliphatic carbocycles. The van der Waals surface area contributed by atoms with Gasteiger partial charge in [-0.05, 0) is 61.0 Å². The molecular formula is C24H20Cl2FN3O4. The van der Waals surface area contributed by atoms with Crippen LogP contribution in [0.5, 0.6) is 11.5 Å². The lowest BCUT2D eigenvalue weighted by molar-refractivity contribution is -0.118. The van der Waals surface area contributed by atoms with Crippen LogP contribution in [-0.4, -0.2) is 31.2 Å². The third-order valence-electron chi connectivity index (χ3n) is 4.31. The summed E-state index contributed by atoms with van der Waals surface area (Å²) >= 11 is 12.2. The lowest BCUT2D eigenvalue weighted by Gasteiger charge is -2.14. The monoisotopic (exact) mass is 503 g/mol. The molecule has 3 aromatic carbocycles. The summed E-state index contributed by atoms with van der Waals surface area (Å²) in [6, 6.07) is 15.3. The molecule has 0 atom stereocenters. The van der Waals surface area contributed by atoms with Gasteiger partial charge in [-0.3, -0.25) is 9.59 Å². The second kappa shape index (κ2) is 12.0. The fourth-order valence-corrected chi connectivity index (χ4v) is 3.18. The summed E-state index contributed by atoms with van der Waals surface area (Å²) in [7, 11) is 0. The Kier molecular flexibility index (Phi) is 8.84. The molecule has 0 aromatic heterocycles. The van der Waals surface area contributed by atoms with Gasteiger partial charge < -0.3 is 14.8 Å². The second-order valence-corrected chi connectivity index (χ2v) is 7.63. The number of hydrogen-bond donors (Lipinski definition) is 2. The third-order valence-corrected chi connectivity index (χ3v) is 4.85. The summed E-state index contributed by atoms with van der Waals surface area (Å²) in [6.45, 7) is 1.66. The highest BCUT2D eigenvalue weighted by atomic mass is 35.5. The molecule has 3 aromatic rings. The maximum atomic E-state index is 13.7. The molecule has 0 fully saturated rings. The Morgan fingerprint density at radius 1 is 1.06 bits per heavy atom. The molecule has 0 aliphatic rings.